The molecule has 1 atom stereocenters. The number of sulfonamides is 1. The molecule has 1 aliphatic rings. The molecule has 0 radical (unpaired) electrons. The fraction of sp³-hybridized carbons (Fsp3) is 0.364. The summed E-state index contributed by atoms with van der Waals surface area (Å²) in [5, 5.41) is 4.77. The molecule has 1 N–H and O–H groups in total. The van der Waals surface area contributed by atoms with Crippen molar-refractivity contribution in [2.75, 3.05) is 10.6 Å². The number of nitrogens with zero attached hydrogens (tertiary/aromatic N) is 2. The van der Waals surface area contributed by atoms with Crippen LogP contribution >= 0.6 is 11.6 Å². The summed E-state index contributed by atoms with van der Waals surface area (Å²) in [7, 11) is -3.51. The van der Waals surface area contributed by atoms with Crippen molar-refractivity contribution < 1.29 is 13.2 Å². The molecular weight excluding hydrogens is 422 g/mol. The predicted molar refractivity (Wildman–Crippen MR) is 121 cm³/mol. The van der Waals surface area contributed by atoms with E-state index >= 15 is 0 Å². The topological polar surface area (TPSA) is 78.8 Å². The summed E-state index contributed by atoms with van der Waals surface area (Å²) in [5.41, 5.74) is 5.40. The first-order valence-electron chi connectivity index (χ1n) is 9.93. The molecule has 1 amide bonds. The van der Waals surface area contributed by atoms with Crippen molar-refractivity contribution >= 4 is 38.9 Å². The Balaban J connectivity index is 1.71. The van der Waals surface area contributed by atoms with E-state index in [4.69, 9.17) is 11.6 Å². The van der Waals surface area contributed by atoms with Gasteiger partial charge >= 0.3 is 0 Å². The summed E-state index contributed by atoms with van der Waals surface area (Å²) in [6, 6.07) is 13.5. The summed E-state index contributed by atoms with van der Waals surface area (Å²) in [5.74, 6) is 0.122. The Labute approximate surface area is 183 Å². The molecule has 160 valence electrons. The van der Waals surface area contributed by atoms with Crippen molar-refractivity contribution in [3.63, 3.8) is 0 Å². The average Bonchev–Trinajstić information content (AvgIpc) is 2.71. The van der Waals surface area contributed by atoms with Crippen LogP contribution in [0, 0.1) is 5.92 Å². The first-order valence-corrected chi connectivity index (χ1v) is 12.2. The fourth-order valence-corrected chi connectivity index (χ4v) is 4.55. The van der Waals surface area contributed by atoms with Gasteiger partial charge in [0.1, 0.15) is 0 Å². The van der Waals surface area contributed by atoms with Crippen LogP contribution in [0.15, 0.2) is 53.6 Å². The zero-order valence-electron chi connectivity index (χ0n) is 17.1. The maximum Gasteiger partial charge on any atom is 0.271 e. The maximum atomic E-state index is 12.4. The second-order valence-corrected chi connectivity index (χ2v) is 9.98. The highest BCUT2D eigenvalue weighted by atomic mass is 35.5. The highest BCUT2D eigenvalue weighted by Crippen LogP contribution is 2.24. The van der Waals surface area contributed by atoms with Gasteiger partial charge in [-0.25, -0.2) is 13.8 Å². The number of amides is 1. The largest absolute Gasteiger partial charge is 0.271 e. The molecule has 1 aliphatic carbocycles. The van der Waals surface area contributed by atoms with Crippen LogP contribution in [-0.2, 0) is 16.6 Å². The van der Waals surface area contributed by atoms with Gasteiger partial charge in [-0.3, -0.25) is 9.10 Å². The lowest BCUT2D eigenvalue weighted by Crippen LogP contribution is -2.29. The van der Waals surface area contributed by atoms with Crippen molar-refractivity contribution in [2.24, 2.45) is 11.0 Å². The van der Waals surface area contributed by atoms with Crippen LogP contribution < -0.4 is 9.73 Å². The lowest BCUT2D eigenvalue weighted by atomic mass is 9.89. The Morgan fingerprint density at radius 1 is 1.20 bits per heavy atom. The van der Waals surface area contributed by atoms with E-state index in [1.54, 1.807) is 48.5 Å². The van der Waals surface area contributed by atoms with E-state index in [9.17, 15) is 13.2 Å². The highest BCUT2D eigenvalue weighted by molar-refractivity contribution is 7.92. The number of carbonyl (C=O) groups excluding carboxylic acids is 1. The molecule has 0 aliphatic heterocycles. The van der Waals surface area contributed by atoms with E-state index in [1.807, 2.05) is 0 Å². The summed E-state index contributed by atoms with van der Waals surface area (Å²) >= 11 is 6.02. The molecule has 0 spiro atoms. The number of hydrogen-bond donors (Lipinski definition) is 1. The maximum absolute atomic E-state index is 12.4. The average molecular weight is 448 g/mol. The number of anilines is 1. The Morgan fingerprint density at radius 3 is 2.57 bits per heavy atom. The van der Waals surface area contributed by atoms with Crippen LogP contribution in [0.3, 0.4) is 0 Å². The van der Waals surface area contributed by atoms with Crippen molar-refractivity contribution in [2.45, 2.75) is 39.2 Å². The van der Waals surface area contributed by atoms with Gasteiger partial charge in [0.15, 0.2) is 0 Å². The van der Waals surface area contributed by atoms with Gasteiger partial charge in [-0.15, -0.1) is 0 Å². The Morgan fingerprint density at radius 2 is 1.93 bits per heavy atom. The van der Waals surface area contributed by atoms with Crippen LogP contribution in [0.5, 0.6) is 0 Å². The first kappa shape index (κ1) is 22.3. The third-order valence-electron chi connectivity index (χ3n) is 5.23. The van der Waals surface area contributed by atoms with Crippen LogP contribution in [-0.4, -0.2) is 26.3 Å². The molecule has 30 heavy (non-hydrogen) atoms. The number of rotatable bonds is 6. The van der Waals surface area contributed by atoms with Gasteiger partial charge in [-0.2, -0.15) is 5.10 Å². The fourth-order valence-electron chi connectivity index (χ4n) is 3.48. The van der Waals surface area contributed by atoms with Crippen LogP contribution in [0.1, 0.15) is 48.5 Å². The smallest absolute Gasteiger partial charge is 0.267 e. The Kier molecular flexibility index (Phi) is 7.15. The standard InChI is InChI=1S/C22H26ClN3O3S/c1-16-6-3-4-9-21(16)24-25-22(27)18-12-10-17(11-13-18)15-26(30(2,28)29)20-8-5-7-19(23)14-20/h5,7-8,10-14,16H,3-4,6,9,15H2,1-2H3,(H,25,27)/b24-21+. The number of benzene rings is 2. The zero-order chi connectivity index (χ0) is 21.7. The van der Waals surface area contributed by atoms with Crippen LogP contribution in [0.25, 0.3) is 0 Å². The van der Waals surface area contributed by atoms with Crippen LogP contribution in [0.2, 0.25) is 5.02 Å². The van der Waals surface area contributed by atoms with E-state index < -0.39 is 10.0 Å². The molecule has 0 saturated heterocycles. The minimum absolute atomic E-state index is 0.140. The van der Waals surface area contributed by atoms with E-state index in [0.29, 0.717) is 22.2 Å². The predicted octanol–water partition coefficient (Wildman–Crippen LogP) is 4.60. The lowest BCUT2D eigenvalue weighted by molar-refractivity contribution is 0.0954. The van der Waals surface area contributed by atoms with E-state index in [0.717, 1.165) is 36.8 Å². The lowest BCUT2D eigenvalue weighted by Gasteiger charge is -2.23. The molecule has 0 aromatic heterocycles. The normalized spacial score (nSPS) is 18.2. The molecule has 6 nitrogen and oxygen atoms in total. The van der Waals surface area contributed by atoms with Gasteiger partial charge in [0.2, 0.25) is 10.0 Å². The molecule has 3 rings (SSSR count). The number of hydrazone groups is 1. The van der Waals surface area contributed by atoms with Crippen LogP contribution in [0.4, 0.5) is 5.69 Å². The third kappa shape index (κ3) is 5.83. The zero-order valence-corrected chi connectivity index (χ0v) is 18.7. The molecular formula is C22H26ClN3O3S. The summed E-state index contributed by atoms with van der Waals surface area (Å²) in [6.07, 6.45) is 5.49. The monoisotopic (exact) mass is 447 g/mol. The summed E-state index contributed by atoms with van der Waals surface area (Å²) < 4.78 is 25.9. The first-order chi connectivity index (χ1) is 14.2. The van der Waals surface area contributed by atoms with Gasteiger partial charge < -0.3 is 0 Å². The van der Waals surface area contributed by atoms with Gasteiger partial charge in [0.05, 0.1) is 18.5 Å². The van der Waals surface area contributed by atoms with Gasteiger partial charge in [-0.05, 0) is 61.1 Å². The molecule has 1 unspecified atom stereocenters. The minimum Gasteiger partial charge on any atom is -0.267 e. The highest BCUT2D eigenvalue weighted by Gasteiger charge is 2.19. The van der Waals surface area contributed by atoms with Crippen molar-refractivity contribution in [3.8, 4) is 0 Å². The molecule has 2 aromatic rings. The third-order valence-corrected chi connectivity index (χ3v) is 6.60. The number of halogens is 1. The quantitative estimate of drug-likeness (QED) is 0.657. The van der Waals surface area contributed by atoms with Crippen molar-refractivity contribution in [1.29, 1.82) is 0 Å². The molecule has 0 bridgehead atoms. The molecule has 1 fully saturated rings. The molecule has 8 heteroatoms. The van der Waals surface area contributed by atoms with Gasteiger partial charge in [0.25, 0.3) is 5.91 Å². The SMILES string of the molecule is CC1CCCC/C1=N\NC(=O)c1ccc(CN(c2cccc(Cl)c2)S(C)(=O)=O)cc1. The van der Waals surface area contributed by atoms with E-state index in [2.05, 4.69) is 17.5 Å². The van der Waals surface area contributed by atoms with Gasteiger partial charge in [0, 0.05) is 16.3 Å². The van der Waals surface area contributed by atoms with E-state index in [-0.39, 0.29) is 12.5 Å². The summed E-state index contributed by atoms with van der Waals surface area (Å²) in [4.78, 5) is 12.4. The molecule has 1 saturated carbocycles. The second-order valence-electron chi connectivity index (χ2n) is 7.64. The molecule has 0 heterocycles. The van der Waals surface area contributed by atoms with Gasteiger partial charge in [-0.1, -0.05) is 43.1 Å². The Hall–Kier alpha value is -2.38. The number of carbonyl (C=O) groups is 1. The Bertz CT molecular complexity index is 1040. The number of hydrogen-bond acceptors (Lipinski definition) is 4. The summed E-state index contributed by atoms with van der Waals surface area (Å²) in [6.45, 7) is 2.27. The van der Waals surface area contributed by atoms with Crippen molar-refractivity contribution in [3.05, 3.63) is 64.7 Å². The van der Waals surface area contributed by atoms with Crippen molar-refractivity contribution in [1.82, 2.24) is 5.43 Å². The molecule has 2 aromatic carbocycles. The minimum atomic E-state index is -3.51. The number of nitrogens with one attached hydrogen (secondary N) is 1. The van der Waals surface area contributed by atoms with E-state index in [1.165, 1.54) is 10.7 Å². The second kappa shape index (κ2) is 9.62.